The van der Waals surface area contributed by atoms with Crippen molar-refractivity contribution in [1.29, 1.82) is 0 Å². The first-order chi connectivity index (χ1) is 6.70. The maximum atomic E-state index is 10.5. The van der Waals surface area contributed by atoms with Crippen molar-refractivity contribution in [2.75, 3.05) is 7.11 Å². The molecule has 1 aromatic rings. The lowest BCUT2D eigenvalue weighted by molar-refractivity contribution is -0.105. The molecule has 0 amide bonds. The second-order valence-corrected chi connectivity index (χ2v) is 2.22. The molecule has 0 heterocycles. The molecule has 2 nitrogen and oxygen atoms in total. The van der Waals surface area contributed by atoms with Gasteiger partial charge in [-0.15, -0.1) is 0 Å². The number of hydrogen-bond donors (Lipinski definition) is 0. The molecule has 0 N–H and O–H groups in total. The minimum atomic E-state index is -2.62. The van der Waals surface area contributed by atoms with Crippen molar-refractivity contribution in [1.82, 2.24) is 0 Å². The largest absolute Gasteiger partial charge is 0.345 e. The predicted octanol–water partition coefficient (Wildman–Crippen LogP) is 3.28. The Bertz CT molecular complexity index is 286. The third-order valence-corrected chi connectivity index (χ3v) is 1.20. The van der Waals surface area contributed by atoms with Crippen LogP contribution in [0, 0.1) is 0 Å². The smallest absolute Gasteiger partial charge is 0.326 e. The molecule has 0 aliphatic carbocycles. The van der Waals surface area contributed by atoms with Gasteiger partial charge in [0.25, 0.3) is 0 Å². The first-order valence-corrected chi connectivity index (χ1v) is 4.05. The molecule has 0 aliphatic heterocycles. The number of hydrogen-bond acceptors (Lipinski definition) is 3. The molecule has 0 unspecified atom stereocenters. The van der Waals surface area contributed by atoms with Crippen LogP contribution in [0.4, 0.5) is 14.5 Å². The Morgan fingerprint density at radius 2 is 1.86 bits per heavy atom. The van der Waals surface area contributed by atoms with Gasteiger partial charge in [0.15, 0.2) is 0 Å². The number of alkyl halides is 2. The summed E-state index contributed by atoms with van der Waals surface area (Å²) in [7, 11) is 0.949. The van der Waals surface area contributed by atoms with Gasteiger partial charge in [0, 0.05) is 7.11 Å². The normalized spacial score (nSPS) is 8.57. The fraction of sp³-hybridized carbons (Fsp3) is 0.222. The summed E-state index contributed by atoms with van der Waals surface area (Å²) in [6.07, 6.45) is 0. The van der Waals surface area contributed by atoms with Crippen LogP contribution in [0.15, 0.2) is 35.3 Å². The molecular formula is C9H9F2NOS. The molecule has 76 valence electrons. The van der Waals surface area contributed by atoms with Crippen LogP contribution < -0.4 is 0 Å². The van der Waals surface area contributed by atoms with E-state index in [1.165, 1.54) is 0 Å². The SMILES string of the molecule is COC(F)F.S=C=Nc1ccccc1. The lowest BCUT2D eigenvalue weighted by Crippen LogP contribution is -1.89. The van der Waals surface area contributed by atoms with Gasteiger partial charge in [0.2, 0.25) is 0 Å². The Balaban J connectivity index is 0.000000292. The lowest BCUT2D eigenvalue weighted by Gasteiger charge is -1.85. The number of halogens is 2. The summed E-state index contributed by atoms with van der Waals surface area (Å²) in [4.78, 5) is 3.77. The van der Waals surface area contributed by atoms with Crippen LogP contribution in [0.5, 0.6) is 0 Å². The Morgan fingerprint density at radius 1 is 1.36 bits per heavy atom. The minimum absolute atomic E-state index is 0.854. The van der Waals surface area contributed by atoms with Gasteiger partial charge in [0.05, 0.1) is 10.8 Å². The summed E-state index contributed by atoms with van der Waals surface area (Å²) in [6.45, 7) is -2.62. The highest BCUT2D eigenvalue weighted by atomic mass is 32.1. The van der Waals surface area contributed by atoms with Gasteiger partial charge in [-0.2, -0.15) is 13.8 Å². The predicted molar refractivity (Wildman–Crippen MR) is 54.1 cm³/mol. The van der Waals surface area contributed by atoms with Gasteiger partial charge >= 0.3 is 6.61 Å². The van der Waals surface area contributed by atoms with E-state index in [-0.39, 0.29) is 0 Å². The number of methoxy groups -OCH3 is 1. The van der Waals surface area contributed by atoms with E-state index >= 15 is 0 Å². The lowest BCUT2D eigenvalue weighted by atomic mass is 10.3. The van der Waals surface area contributed by atoms with Crippen molar-refractivity contribution in [3.8, 4) is 0 Å². The summed E-state index contributed by atoms with van der Waals surface area (Å²) in [5, 5.41) is 2.29. The number of aliphatic imine (C=N–C) groups is 1. The number of para-hydroxylation sites is 1. The third-order valence-electron chi connectivity index (χ3n) is 1.11. The van der Waals surface area contributed by atoms with Gasteiger partial charge in [-0.25, -0.2) is 0 Å². The van der Waals surface area contributed by atoms with Gasteiger partial charge in [-0.05, 0) is 24.4 Å². The molecule has 0 saturated carbocycles. The molecule has 5 heteroatoms. The van der Waals surface area contributed by atoms with Crippen molar-refractivity contribution in [3.05, 3.63) is 30.3 Å². The van der Waals surface area contributed by atoms with Crippen molar-refractivity contribution in [2.45, 2.75) is 6.61 Å². The van der Waals surface area contributed by atoms with Gasteiger partial charge in [-0.1, -0.05) is 18.2 Å². The fourth-order valence-corrected chi connectivity index (χ4v) is 0.661. The summed E-state index contributed by atoms with van der Waals surface area (Å²) in [5.74, 6) is 0. The molecule has 0 bridgehead atoms. The second-order valence-electron chi connectivity index (χ2n) is 2.03. The summed E-state index contributed by atoms with van der Waals surface area (Å²) < 4.78 is 24.5. The standard InChI is InChI=1S/C7H5NS.C2H4F2O/c9-6-8-7-4-2-1-3-5-7;1-5-2(3)4/h1-5H;2H,1H3. The van der Waals surface area contributed by atoms with E-state index in [9.17, 15) is 8.78 Å². The number of nitrogens with zero attached hydrogens (tertiary/aromatic N) is 1. The van der Waals surface area contributed by atoms with Crippen LogP contribution >= 0.6 is 12.2 Å². The highest BCUT2D eigenvalue weighted by molar-refractivity contribution is 7.78. The Kier molecular flexibility index (Phi) is 7.74. The monoisotopic (exact) mass is 217 g/mol. The zero-order valence-corrected chi connectivity index (χ0v) is 8.30. The average molecular weight is 217 g/mol. The van der Waals surface area contributed by atoms with Crippen LogP contribution in [0.2, 0.25) is 0 Å². The highest BCUT2D eigenvalue weighted by Gasteiger charge is 1.90. The molecule has 0 fully saturated rings. The van der Waals surface area contributed by atoms with E-state index in [1.54, 1.807) is 0 Å². The number of ether oxygens (including phenoxy) is 1. The van der Waals surface area contributed by atoms with Crippen LogP contribution in [0.25, 0.3) is 0 Å². The number of isothiocyanates is 1. The molecule has 1 rings (SSSR count). The van der Waals surface area contributed by atoms with Crippen molar-refractivity contribution < 1.29 is 13.5 Å². The quantitative estimate of drug-likeness (QED) is 0.560. The Morgan fingerprint density at radius 3 is 2.21 bits per heavy atom. The highest BCUT2D eigenvalue weighted by Crippen LogP contribution is 2.07. The number of rotatable bonds is 2. The Hall–Kier alpha value is -1.16. The molecule has 0 saturated heterocycles. The molecule has 0 atom stereocenters. The van der Waals surface area contributed by atoms with Crippen molar-refractivity contribution in [2.24, 2.45) is 4.99 Å². The van der Waals surface area contributed by atoms with E-state index in [0.717, 1.165) is 12.8 Å². The molecule has 0 aliphatic rings. The van der Waals surface area contributed by atoms with Gasteiger partial charge in [-0.3, -0.25) is 0 Å². The van der Waals surface area contributed by atoms with E-state index in [2.05, 4.69) is 27.1 Å². The first kappa shape index (κ1) is 12.8. The van der Waals surface area contributed by atoms with Crippen LogP contribution in [0.3, 0.4) is 0 Å². The molecule has 0 aromatic heterocycles. The topological polar surface area (TPSA) is 21.6 Å². The van der Waals surface area contributed by atoms with E-state index in [4.69, 9.17) is 0 Å². The van der Waals surface area contributed by atoms with Crippen molar-refractivity contribution >= 4 is 23.1 Å². The van der Waals surface area contributed by atoms with Gasteiger partial charge < -0.3 is 4.74 Å². The van der Waals surface area contributed by atoms with Crippen LogP contribution in [-0.2, 0) is 4.74 Å². The van der Waals surface area contributed by atoms with E-state index < -0.39 is 6.61 Å². The Labute approximate surface area is 86.2 Å². The zero-order chi connectivity index (χ0) is 10.8. The fourth-order valence-electron chi connectivity index (χ4n) is 0.555. The second kappa shape index (κ2) is 8.44. The first-order valence-electron chi connectivity index (χ1n) is 3.64. The zero-order valence-electron chi connectivity index (χ0n) is 7.48. The molecule has 0 spiro atoms. The molecule has 1 aromatic carbocycles. The van der Waals surface area contributed by atoms with Crippen LogP contribution in [-0.4, -0.2) is 18.9 Å². The molecular weight excluding hydrogens is 208 g/mol. The third kappa shape index (κ3) is 7.49. The number of thiocarbonyl (C=S) groups is 1. The van der Waals surface area contributed by atoms with Crippen molar-refractivity contribution in [3.63, 3.8) is 0 Å². The molecule has 14 heavy (non-hydrogen) atoms. The summed E-state index contributed by atoms with van der Waals surface area (Å²) in [6, 6.07) is 9.50. The van der Waals surface area contributed by atoms with E-state index in [0.29, 0.717) is 0 Å². The number of benzene rings is 1. The summed E-state index contributed by atoms with van der Waals surface area (Å²) >= 11 is 4.42. The van der Waals surface area contributed by atoms with Gasteiger partial charge in [0.1, 0.15) is 0 Å². The maximum absolute atomic E-state index is 10.5. The summed E-state index contributed by atoms with van der Waals surface area (Å²) in [5.41, 5.74) is 0.854. The maximum Gasteiger partial charge on any atom is 0.345 e. The molecule has 0 radical (unpaired) electrons. The van der Waals surface area contributed by atoms with Crippen LogP contribution in [0.1, 0.15) is 0 Å². The average Bonchev–Trinajstić information content (AvgIpc) is 2.21. The minimum Gasteiger partial charge on any atom is -0.326 e. The van der Waals surface area contributed by atoms with E-state index in [1.807, 2.05) is 30.3 Å².